The van der Waals surface area contributed by atoms with Crippen molar-refractivity contribution in [3.05, 3.63) is 66.5 Å². The molecule has 6 nitrogen and oxygen atoms in total. The van der Waals surface area contributed by atoms with Crippen LogP contribution in [0.5, 0.6) is 5.75 Å². The minimum absolute atomic E-state index is 0.0671. The highest BCUT2D eigenvalue weighted by Gasteiger charge is 2.25. The second-order valence-electron chi connectivity index (χ2n) is 8.01. The van der Waals surface area contributed by atoms with E-state index in [0.29, 0.717) is 24.0 Å². The molecule has 0 saturated carbocycles. The maximum Gasteiger partial charge on any atom is 0.321 e. The third-order valence-corrected chi connectivity index (χ3v) is 5.76. The normalized spacial score (nSPS) is 16.2. The van der Waals surface area contributed by atoms with Gasteiger partial charge in [0.05, 0.1) is 12.3 Å². The number of carbonyl (C=O) groups is 1. The number of urea groups is 1. The first-order valence-corrected chi connectivity index (χ1v) is 11.0. The highest BCUT2D eigenvalue weighted by Crippen LogP contribution is 2.27. The number of hydrogen-bond donors (Lipinski definition) is 1. The topological polar surface area (TPSA) is 59.4 Å². The van der Waals surface area contributed by atoms with Crippen LogP contribution in [0.4, 0.5) is 10.5 Å². The van der Waals surface area contributed by atoms with Crippen LogP contribution in [0.15, 0.2) is 60.8 Å². The van der Waals surface area contributed by atoms with E-state index in [1.165, 1.54) is 0 Å². The summed E-state index contributed by atoms with van der Waals surface area (Å²) in [6, 6.07) is 17.8. The van der Waals surface area contributed by atoms with E-state index >= 15 is 0 Å². The first-order chi connectivity index (χ1) is 15.2. The summed E-state index contributed by atoms with van der Waals surface area (Å²) in [5.41, 5.74) is 2.98. The summed E-state index contributed by atoms with van der Waals surface area (Å²) in [5, 5.41) is 3.04. The van der Waals surface area contributed by atoms with Gasteiger partial charge in [0, 0.05) is 37.1 Å². The van der Waals surface area contributed by atoms with Crippen LogP contribution in [0.1, 0.15) is 25.5 Å². The van der Waals surface area contributed by atoms with Crippen LogP contribution in [-0.4, -0.2) is 40.2 Å². The molecule has 1 fully saturated rings. The van der Waals surface area contributed by atoms with Crippen molar-refractivity contribution < 1.29 is 9.53 Å². The van der Waals surface area contributed by atoms with Crippen molar-refractivity contribution in [2.24, 2.45) is 5.92 Å². The molecule has 0 aliphatic carbocycles. The quantitative estimate of drug-likeness (QED) is 0.598. The van der Waals surface area contributed by atoms with Crippen LogP contribution in [-0.2, 0) is 6.54 Å². The van der Waals surface area contributed by atoms with Crippen LogP contribution >= 0.6 is 0 Å². The van der Waals surface area contributed by atoms with Gasteiger partial charge in [0.2, 0.25) is 0 Å². The van der Waals surface area contributed by atoms with Gasteiger partial charge < -0.3 is 19.5 Å². The number of para-hydroxylation sites is 2. The minimum atomic E-state index is -0.0671. The second-order valence-corrected chi connectivity index (χ2v) is 8.01. The van der Waals surface area contributed by atoms with E-state index in [1.54, 1.807) is 0 Å². The lowest BCUT2D eigenvalue weighted by Gasteiger charge is -2.33. The Morgan fingerprint density at radius 2 is 1.94 bits per heavy atom. The van der Waals surface area contributed by atoms with Crippen molar-refractivity contribution in [1.29, 1.82) is 0 Å². The molecule has 1 aromatic heterocycles. The molecule has 31 heavy (non-hydrogen) atoms. The van der Waals surface area contributed by atoms with Gasteiger partial charge in [0.1, 0.15) is 11.6 Å². The Kier molecular flexibility index (Phi) is 6.55. The molecular formula is C25H30N4O2. The predicted molar refractivity (Wildman–Crippen MR) is 123 cm³/mol. The van der Waals surface area contributed by atoms with Crippen molar-refractivity contribution >= 4 is 11.7 Å². The van der Waals surface area contributed by atoms with Crippen LogP contribution in [0, 0.1) is 12.8 Å². The van der Waals surface area contributed by atoms with E-state index in [-0.39, 0.29) is 6.03 Å². The number of hydrogen-bond acceptors (Lipinski definition) is 3. The summed E-state index contributed by atoms with van der Waals surface area (Å²) in [5.74, 6) is 2.08. The monoisotopic (exact) mass is 418 g/mol. The number of aryl methyl sites for hydroxylation is 1. The van der Waals surface area contributed by atoms with Crippen LogP contribution in [0.2, 0.25) is 0 Å². The second kappa shape index (κ2) is 9.69. The zero-order valence-electron chi connectivity index (χ0n) is 18.3. The highest BCUT2D eigenvalue weighted by atomic mass is 16.5. The molecule has 1 saturated heterocycles. The van der Waals surface area contributed by atoms with Gasteiger partial charge in [0.25, 0.3) is 0 Å². The summed E-state index contributed by atoms with van der Waals surface area (Å²) in [6.07, 6.45) is 4.03. The minimum Gasteiger partial charge on any atom is -0.492 e. The van der Waals surface area contributed by atoms with Gasteiger partial charge in [-0.25, -0.2) is 9.78 Å². The maximum absolute atomic E-state index is 13.0. The van der Waals surface area contributed by atoms with Gasteiger partial charge in [0.15, 0.2) is 0 Å². The molecule has 1 unspecified atom stereocenters. The highest BCUT2D eigenvalue weighted by molar-refractivity contribution is 5.91. The van der Waals surface area contributed by atoms with Gasteiger partial charge in [-0.3, -0.25) is 0 Å². The third kappa shape index (κ3) is 4.90. The predicted octanol–water partition coefficient (Wildman–Crippen LogP) is 5.20. The average molecular weight is 419 g/mol. The molecule has 1 atom stereocenters. The molecule has 1 aliphatic heterocycles. The fourth-order valence-corrected chi connectivity index (χ4v) is 4.21. The van der Waals surface area contributed by atoms with Gasteiger partial charge in [-0.2, -0.15) is 0 Å². The molecule has 0 radical (unpaired) electrons. The number of anilines is 1. The van der Waals surface area contributed by atoms with Crippen molar-refractivity contribution in [3.8, 4) is 17.1 Å². The molecule has 2 amide bonds. The summed E-state index contributed by atoms with van der Waals surface area (Å²) in [7, 11) is 0. The van der Waals surface area contributed by atoms with E-state index in [9.17, 15) is 4.79 Å². The molecule has 3 aromatic rings. The van der Waals surface area contributed by atoms with Crippen molar-refractivity contribution in [1.82, 2.24) is 14.5 Å². The Balaban J connectivity index is 1.44. The number of imidazole rings is 1. The van der Waals surface area contributed by atoms with E-state index < -0.39 is 0 Å². The smallest absolute Gasteiger partial charge is 0.321 e. The van der Waals surface area contributed by atoms with E-state index in [4.69, 9.17) is 4.74 Å². The Bertz CT molecular complexity index is 1020. The molecule has 2 aromatic carbocycles. The number of likely N-dealkylation sites (tertiary alicyclic amines) is 1. The fraction of sp³-hybridized carbons (Fsp3) is 0.360. The zero-order valence-corrected chi connectivity index (χ0v) is 18.3. The number of nitrogens with one attached hydrogen (secondary N) is 1. The van der Waals surface area contributed by atoms with Crippen LogP contribution < -0.4 is 10.1 Å². The van der Waals surface area contributed by atoms with Crippen LogP contribution in [0.3, 0.4) is 0 Å². The zero-order chi connectivity index (χ0) is 21.6. The number of carbonyl (C=O) groups excluding carboxylic acids is 1. The van der Waals surface area contributed by atoms with E-state index in [1.807, 2.05) is 60.5 Å². The Hall–Kier alpha value is -3.28. The van der Waals surface area contributed by atoms with E-state index in [2.05, 4.69) is 33.9 Å². The molecule has 0 bridgehead atoms. The van der Waals surface area contributed by atoms with Crippen molar-refractivity contribution in [3.63, 3.8) is 0 Å². The Labute approximate surface area is 183 Å². The number of amides is 2. The number of rotatable bonds is 6. The molecule has 4 rings (SSSR count). The number of piperidine rings is 1. The van der Waals surface area contributed by atoms with Crippen molar-refractivity contribution in [2.45, 2.75) is 33.2 Å². The first kappa shape index (κ1) is 21.0. The Morgan fingerprint density at radius 1 is 1.16 bits per heavy atom. The molecule has 0 spiro atoms. The fourth-order valence-electron chi connectivity index (χ4n) is 4.21. The number of nitrogens with zero attached hydrogens (tertiary/aromatic N) is 3. The number of ether oxygens (including phenoxy) is 1. The van der Waals surface area contributed by atoms with Gasteiger partial charge in [-0.15, -0.1) is 0 Å². The SMILES string of the molecule is CCOc1ccccc1NC(=O)N1CCCC(Cn2c(C)cnc2-c2ccccc2)C1. The largest absolute Gasteiger partial charge is 0.492 e. The Morgan fingerprint density at radius 3 is 2.74 bits per heavy atom. The van der Waals surface area contributed by atoms with Crippen molar-refractivity contribution in [2.75, 3.05) is 25.0 Å². The standard InChI is InChI=1S/C25H30N4O2/c1-3-31-23-14-8-7-13-22(23)27-25(30)28-15-9-10-20(17-28)18-29-19(2)16-26-24(29)21-11-5-4-6-12-21/h4-8,11-14,16,20H,3,9-10,15,17-18H2,1-2H3,(H,27,30). The summed E-state index contributed by atoms with van der Waals surface area (Å²) >= 11 is 0. The number of aromatic nitrogens is 2. The lowest BCUT2D eigenvalue weighted by molar-refractivity contribution is 0.170. The molecule has 1 aliphatic rings. The molecule has 162 valence electrons. The van der Waals surface area contributed by atoms with Crippen LogP contribution in [0.25, 0.3) is 11.4 Å². The molecule has 1 N–H and O–H groups in total. The molecule has 6 heteroatoms. The molecular weight excluding hydrogens is 388 g/mol. The maximum atomic E-state index is 13.0. The third-order valence-electron chi connectivity index (χ3n) is 5.76. The summed E-state index contributed by atoms with van der Waals surface area (Å²) in [6.45, 7) is 6.96. The van der Waals surface area contributed by atoms with Gasteiger partial charge in [-0.05, 0) is 44.7 Å². The summed E-state index contributed by atoms with van der Waals surface area (Å²) in [4.78, 5) is 19.5. The first-order valence-electron chi connectivity index (χ1n) is 11.0. The van der Waals surface area contributed by atoms with Gasteiger partial charge in [-0.1, -0.05) is 42.5 Å². The lowest BCUT2D eigenvalue weighted by atomic mass is 9.98. The average Bonchev–Trinajstić information content (AvgIpc) is 3.16. The lowest BCUT2D eigenvalue weighted by Crippen LogP contribution is -2.43. The number of benzene rings is 2. The summed E-state index contributed by atoms with van der Waals surface area (Å²) < 4.78 is 7.92. The van der Waals surface area contributed by atoms with E-state index in [0.717, 1.165) is 49.6 Å². The molecule has 2 heterocycles. The van der Waals surface area contributed by atoms with Gasteiger partial charge >= 0.3 is 6.03 Å².